The third-order valence-corrected chi connectivity index (χ3v) is 3.98. The van der Waals surface area contributed by atoms with Crippen LogP contribution in [0, 0.1) is 6.92 Å². The van der Waals surface area contributed by atoms with E-state index >= 15 is 0 Å². The van der Waals surface area contributed by atoms with Crippen molar-refractivity contribution in [2.24, 2.45) is 0 Å². The molecule has 0 unspecified atom stereocenters. The van der Waals surface area contributed by atoms with Gasteiger partial charge in [-0.2, -0.15) is 5.06 Å². The molecule has 2 heterocycles. The Morgan fingerprint density at radius 3 is 2.78 bits per heavy atom. The molecule has 1 aliphatic rings. The van der Waals surface area contributed by atoms with Gasteiger partial charge in [-0.3, -0.25) is 14.3 Å². The quantitative estimate of drug-likeness (QED) is 0.630. The highest BCUT2D eigenvalue weighted by molar-refractivity contribution is 5.04. The van der Waals surface area contributed by atoms with Crippen molar-refractivity contribution in [3.63, 3.8) is 0 Å². The van der Waals surface area contributed by atoms with Crippen molar-refractivity contribution in [3.05, 3.63) is 32.6 Å². The van der Waals surface area contributed by atoms with Crippen LogP contribution in [0.25, 0.3) is 0 Å². The number of aryl methyl sites for hydroxylation is 1. The number of nitrogens with one attached hydrogen (secondary N) is 1. The Morgan fingerprint density at radius 2 is 2.17 bits per heavy atom. The fourth-order valence-electron chi connectivity index (χ4n) is 2.68. The SMILES string of the molecule is CCCCN(O)[C@H]1[C@H](F)[C@H](n2cc(C)c(=O)[nH]c2=O)O[C@@H]1CO. The summed E-state index contributed by atoms with van der Waals surface area (Å²) in [5, 5.41) is 20.2. The van der Waals surface area contributed by atoms with Crippen LogP contribution in [-0.2, 0) is 4.74 Å². The lowest BCUT2D eigenvalue weighted by atomic mass is 10.1. The monoisotopic (exact) mass is 331 g/mol. The third kappa shape index (κ3) is 3.52. The van der Waals surface area contributed by atoms with E-state index in [4.69, 9.17) is 4.74 Å². The maximum Gasteiger partial charge on any atom is 0.330 e. The summed E-state index contributed by atoms with van der Waals surface area (Å²) in [5.74, 6) is 0. The van der Waals surface area contributed by atoms with E-state index in [-0.39, 0.29) is 12.1 Å². The van der Waals surface area contributed by atoms with Gasteiger partial charge in [-0.25, -0.2) is 9.18 Å². The number of nitrogens with zero attached hydrogens (tertiary/aromatic N) is 2. The topological polar surface area (TPSA) is 108 Å². The molecule has 1 fully saturated rings. The number of aliphatic hydroxyl groups is 1. The molecule has 1 aromatic heterocycles. The number of hydrogen-bond acceptors (Lipinski definition) is 6. The van der Waals surface area contributed by atoms with Crippen LogP contribution in [0.15, 0.2) is 15.8 Å². The first-order chi connectivity index (χ1) is 10.9. The number of alkyl halides is 1. The molecule has 1 aromatic rings. The van der Waals surface area contributed by atoms with Crippen molar-refractivity contribution < 1.29 is 19.4 Å². The van der Waals surface area contributed by atoms with Crippen molar-refractivity contribution in [2.75, 3.05) is 13.2 Å². The molecule has 23 heavy (non-hydrogen) atoms. The predicted octanol–water partition coefficient (Wildman–Crippen LogP) is -0.0673. The summed E-state index contributed by atoms with van der Waals surface area (Å²) >= 11 is 0. The zero-order valence-corrected chi connectivity index (χ0v) is 13.1. The minimum Gasteiger partial charge on any atom is -0.394 e. The van der Waals surface area contributed by atoms with Gasteiger partial charge in [-0.1, -0.05) is 13.3 Å². The van der Waals surface area contributed by atoms with E-state index < -0.39 is 42.4 Å². The van der Waals surface area contributed by atoms with Crippen molar-refractivity contribution in [2.45, 2.75) is 51.2 Å². The van der Waals surface area contributed by atoms with Crippen LogP contribution in [0.1, 0.15) is 31.6 Å². The second-order valence-corrected chi connectivity index (χ2v) is 5.68. The third-order valence-electron chi connectivity index (χ3n) is 3.98. The molecule has 8 nitrogen and oxygen atoms in total. The number of hydrogen-bond donors (Lipinski definition) is 3. The molecule has 0 saturated carbocycles. The van der Waals surface area contributed by atoms with Crippen LogP contribution in [0.5, 0.6) is 0 Å². The fraction of sp³-hybridized carbons (Fsp3) is 0.714. The molecule has 0 aliphatic carbocycles. The first-order valence-electron chi connectivity index (χ1n) is 7.58. The summed E-state index contributed by atoms with van der Waals surface area (Å²) in [6.07, 6.45) is -1.36. The summed E-state index contributed by atoms with van der Waals surface area (Å²) in [6, 6.07) is -1.09. The van der Waals surface area contributed by atoms with E-state index in [0.29, 0.717) is 6.42 Å². The Hall–Kier alpha value is -1.55. The van der Waals surface area contributed by atoms with Gasteiger partial charge in [0.05, 0.1) is 12.6 Å². The molecule has 0 radical (unpaired) electrons. The minimum absolute atomic E-state index is 0.230. The molecular formula is C14H22FN3O5. The Balaban J connectivity index is 2.30. The van der Waals surface area contributed by atoms with E-state index in [1.165, 1.54) is 13.1 Å². The van der Waals surface area contributed by atoms with Crippen molar-refractivity contribution in [1.29, 1.82) is 0 Å². The highest BCUT2D eigenvalue weighted by Gasteiger charge is 2.48. The first-order valence-corrected chi connectivity index (χ1v) is 7.58. The molecule has 0 spiro atoms. The summed E-state index contributed by atoms with van der Waals surface area (Å²) < 4.78 is 21.1. The second kappa shape index (κ2) is 7.35. The van der Waals surface area contributed by atoms with Gasteiger partial charge in [-0.15, -0.1) is 0 Å². The minimum atomic E-state index is -1.74. The number of H-pyrrole nitrogens is 1. The molecule has 2 rings (SSSR count). The Labute approximate surface area is 132 Å². The lowest BCUT2D eigenvalue weighted by Gasteiger charge is -2.26. The van der Waals surface area contributed by atoms with Crippen LogP contribution in [0.2, 0.25) is 0 Å². The number of unbranched alkanes of at least 4 members (excludes halogenated alkanes) is 1. The van der Waals surface area contributed by atoms with Crippen molar-refractivity contribution in [3.8, 4) is 0 Å². The average Bonchev–Trinajstić information content (AvgIpc) is 2.85. The van der Waals surface area contributed by atoms with E-state index in [1.807, 2.05) is 6.92 Å². The highest BCUT2D eigenvalue weighted by atomic mass is 19.1. The van der Waals surface area contributed by atoms with Gasteiger partial charge in [0, 0.05) is 18.3 Å². The number of aromatic nitrogens is 2. The molecule has 1 saturated heterocycles. The van der Waals surface area contributed by atoms with Crippen LogP contribution >= 0.6 is 0 Å². The molecule has 9 heteroatoms. The van der Waals surface area contributed by atoms with Crippen molar-refractivity contribution in [1.82, 2.24) is 14.6 Å². The zero-order valence-electron chi connectivity index (χ0n) is 13.1. The van der Waals surface area contributed by atoms with E-state index in [9.17, 15) is 24.3 Å². The molecule has 1 aliphatic heterocycles. The molecule has 3 N–H and O–H groups in total. The van der Waals surface area contributed by atoms with Gasteiger partial charge in [0.2, 0.25) is 0 Å². The largest absolute Gasteiger partial charge is 0.394 e. The maximum absolute atomic E-state index is 14.8. The van der Waals surface area contributed by atoms with Gasteiger partial charge >= 0.3 is 5.69 Å². The number of ether oxygens (including phenoxy) is 1. The van der Waals surface area contributed by atoms with Crippen molar-refractivity contribution >= 4 is 0 Å². The lowest BCUT2D eigenvalue weighted by Crippen LogP contribution is -2.46. The van der Waals surface area contributed by atoms with Crippen LogP contribution in [0.3, 0.4) is 0 Å². The van der Waals surface area contributed by atoms with Gasteiger partial charge < -0.3 is 15.1 Å². The normalized spacial score (nSPS) is 27.7. The zero-order chi connectivity index (χ0) is 17.1. The number of aromatic amines is 1. The van der Waals surface area contributed by atoms with Gasteiger partial charge in [0.15, 0.2) is 12.4 Å². The smallest absolute Gasteiger partial charge is 0.330 e. The highest BCUT2D eigenvalue weighted by Crippen LogP contribution is 2.33. The summed E-state index contributed by atoms with van der Waals surface area (Å²) in [5.41, 5.74) is -1.12. The molecule has 0 amide bonds. The van der Waals surface area contributed by atoms with Gasteiger partial charge in [0.1, 0.15) is 6.10 Å². The first kappa shape index (κ1) is 17.8. The van der Waals surface area contributed by atoms with Gasteiger partial charge in [0.25, 0.3) is 5.56 Å². The average molecular weight is 331 g/mol. The van der Waals surface area contributed by atoms with E-state index in [0.717, 1.165) is 16.1 Å². The fourth-order valence-corrected chi connectivity index (χ4v) is 2.68. The van der Waals surface area contributed by atoms with Crippen LogP contribution < -0.4 is 11.2 Å². The molecule has 0 aromatic carbocycles. The number of hydroxylamine groups is 2. The molecule has 130 valence electrons. The van der Waals surface area contributed by atoms with E-state index in [1.54, 1.807) is 0 Å². The number of halogens is 1. The lowest BCUT2D eigenvalue weighted by molar-refractivity contribution is -0.155. The summed E-state index contributed by atoms with van der Waals surface area (Å²) in [7, 11) is 0. The van der Waals surface area contributed by atoms with Crippen LogP contribution in [0.4, 0.5) is 4.39 Å². The number of rotatable bonds is 6. The van der Waals surface area contributed by atoms with Gasteiger partial charge in [-0.05, 0) is 13.3 Å². The second-order valence-electron chi connectivity index (χ2n) is 5.68. The summed E-state index contributed by atoms with van der Waals surface area (Å²) in [4.78, 5) is 25.4. The Bertz CT molecular complexity index is 646. The van der Waals surface area contributed by atoms with E-state index in [2.05, 4.69) is 4.98 Å². The Morgan fingerprint density at radius 1 is 1.48 bits per heavy atom. The molecule has 0 bridgehead atoms. The standard InChI is InChI=1S/C14H22FN3O5/c1-3-4-5-18(22)11-9(7-19)23-13(10(11)15)17-6-8(2)12(20)16-14(17)21/h6,9-11,13,19,22H,3-5,7H2,1-2H3,(H,16,20,21)/t9-,10+,11-,13-/m1/s1. The van der Waals surface area contributed by atoms with Crippen LogP contribution in [-0.4, -0.2) is 56.4 Å². The summed E-state index contributed by atoms with van der Waals surface area (Å²) in [6.45, 7) is 3.15. The molecular weight excluding hydrogens is 309 g/mol. The maximum atomic E-state index is 14.8. The molecule has 4 atom stereocenters. The number of aliphatic hydroxyl groups excluding tert-OH is 1. The Kier molecular flexibility index (Phi) is 5.69. The predicted molar refractivity (Wildman–Crippen MR) is 79.1 cm³/mol.